The lowest BCUT2D eigenvalue weighted by Gasteiger charge is -2.62. The Bertz CT molecular complexity index is 879. The van der Waals surface area contributed by atoms with Gasteiger partial charge in [0.25, 0.3) is 10.1 Å². The highest BCUT2D eigenvalue weighted by Gasteiger charge is 2.63. The van der Waals surface area contributed by atoms with Crippen LogP contribution in [0.4, 0.5) is 0 Å². The molecule has 4 N–H and O–H groups in total. The molecule has 4 aliphatic rings. The smallest absolute Gasteiger partial charge is 0.264 e. The molecule has 0 heterocycles. The molecule has 4 fully saturated rings. The van der Waals surface area contributed by atoms with Crippen molar-refractivity contribution < 1.29 is 28.0 Å². The van der Waals surface area contributed by atoms with Gasteiger partial charge < -0.3 is 15.5 Å². The number of carbonyl (C=O) groups excluding carboxylic acids is 1. The fourth-order valence-electron chi connectivity index (χ4n) is 9.29. The minimum atomic E-state index is -3.99. The van der Waals surface area contributed by atoms with E-state index in [4.69, 9.17) is 4.55 Å². The molecule has 0 spiro atoms. The van der Waals surface area contributed by atoms with Gasteiger partial charge in [-0.2, -0.15) is 8.42 Å². The number of nitrogens with one attached hydrogen (secondary N) is 1. The van der Waals surface area contributed by atoms with Crippen molar-refractivity contribution in [2.24, 2.45) is 46.3 Å². The SMILES string of the molecule is C[C@H](CCC(=O)NCCCS(=O)(=O)O)[C@H]1CC[C@H]2[C@@H]3CC[C@@H]4C[C@H](O)CC[C@]4(C)[C@H]3C[C@H](O)[C@]12C. The van der Waals surface area contributed by atoms with E-state index in [1.165, 1.54) is 12.8 Å². The molecule has 0 aromatic rings. The quantitative estimate of drug-likeness (QED) is 0.289. The molecule has 0 saturated heterocycles. The van der Waals surface area contributed by atoms with E-state index in [0.29, 0.717) is 41.9 Å². The Balaban J connectivity index is 1.36. The van der Waals surface area contributed by atoms with E-state index >= 15 is 0 Å². The summed E-state index contributed by atoms with van der Waals surface area (Å²) in [6.45, 7) is 7.23. The summed E-state index contributed by atoms with van der Waals surface area (Å²) in [5, 5.41) is 24.7. The first-order valence-corrected chi connectivity index (χ1v) is 15.5. The zero-order valence-electron chi connectivity index (χ0n) is 21.8. The normalized spacial score (nSPS) is 44.1. The van der Waals surface area contributed by atoms with Gasteiger partial charge in [0.05, 0.1) is 18.0 Å². The van der Waals surface area contributed by atoms with Crippen LogP contribution in [-0.4, -0.2) is 53.6 Å². The van der Waals surface area contributed by atoms with Crippen molar-refractivity contribution >= 4 is 16.0 Å². The van der Waals surface area contributed by atoms with Gasteiger partial charge in [-0.05, 0) is 111 Å². The van der Waals surface area contributed by atoms with E-state index in [1.54, 1.807) is 0 Å². The first kappa shape index (κ1) is 27.3. The van der Waals surface area contributed by atoms with Crippen LogP contribution in [0.5, 0.6) is 0 Å². The summed E-state index contributed by atoms with van der Waals surface area (Å²) in [6, 6.07) is 0. The van der Waals surface area contributed by atoms with Crippen LogP contribution < -0.4 is 5.32 Å². The zero-order chi connectivity index (χ0) is 25.6. The predicted octanol–water partition coefficient (Wildman–Crippen LogP) is 3.79. The van der Waals surface area contributed by atoms with Gasteiger partial charge in [-0.3, -0.25) is 9.35 Å². The van der Waals surface area contributed by atoms with E-state index in [0.717, 1.165) is 44.9 Å². The van der Waals surface area contributed by atoms with E-state index < -0.39 is 10.1 Å². The second-order valence-electron chi connectivity index (χ2n) is 12.9. The Labute approximate surface area is 211 Å². The van der Waals surface area contributed by atoms with Crippen LogP contribution in [0.25, 0.3) is 0 Å². The Morgan fingerprint density at radius 2 is 1.80 bits per heavy atom. The molecule has 0 aliphatic heterocycles. The molecule has 4 saturated carbocycles. The highest BCUT2D eigenvalue weighted by molar-refractivity contribution is 7.85. The Morgan fingerprint density at radius 1 is 1.06 bits per heavy atom. The minimum Gasteiger partial charge on any atom is -0.393 e. The molecule has 8 heteroatoms. The van der Waals surface area contributed by atoms with Crippen LogP contribution in [0.2, 0.25) is 0 Å². The number of fused-ring (bicyclic) bond motifs is 5. The monoisotopic (exact) mass is 513 g/mol. The first-order chi connectivity index (χ1) is 16.4. The van der Waals surface area contributed by atoms with Crippen molar-refractivity contribution in [3.05, 3.63) is 0 Å². The highest BCUT2D eigenvalue weighted by atomic mass is 32.2. The van der Waals surface area contributed by atoms with Gasteiger partial charge in [0.1, 0.15) is 0 Å². The van der Waals surface area contributed by atoms with Gasteiger partial charge in [0.15, 0.2) is 0 Å². The molecule has 4 aliphatic carbocycles. The first-order valence-electron chi connectivity index (χ1n) is 13.9. The Kier molecular flexibility index (Phi) is 7.98. The molecule has 0 bridgehead atoms. The third kappa shape index (κ3) is 5.32. The fraction of sp³-hybridized carbons (Fsp3) is 0.963. The summed E-state index contributed by atoms with van der Waals surface area (Å²) < 4.78 is 30.4. The molecule has 0 radical (unpaired) electrons. The van der Waals surface area contributed by atoms with Crippen molar-refractivity contribution in [2.75, 3.05) is 12.3 Å². The molecule has 202 valence electrons. The maximum absolute atomic E-state index is 12.3. The van der Waals surface area contributed by atoms with Gasteiger partial charge in [-0.15, -0.1) is 0 Å². The molecule has 0 aromatic heterocycles. The molecule has 1 amide bonds. The van der Waals surface area contributed by atoms with Crippen LogP contribution in [-0.2, 0) is 14.9 Å². The van der Waals surface area contributed by atoms with Gasteiger partial charge >= 0.3 is 0 Å². The van der Waals surface area contributed by atoms with Crippen molar-refractivity contribution in [1.82, 2.24) is 5.32 Å². The van der Waals surface area contributed by atoms with Crippen LogP contribution >= 0.6 is 0 Å². The van der Waals surface area contributed by atoms with E-state index in [9.17, 15) is 23.4 Å². The molecular weight excluding hydrogens is 466 g/mol. The predicted molar refractivity (Wildman–Crippen MR) is 135 cm³/mol. The standard InChI is InChI=1S/C27H47NO6S/c1-17(5-10-25(31)28-13-4-14-35(32,33)34)21-8-9-22-20-7-6-18-15-19(29)11-12-26(18,2)23(20)16-24(30)27(21,22)3/h17-24,29-30H,4-16H2,1-3H3,(H,28,31)(H,32,33,34)/t17-,18-,19-,20+,21-,22+,23+,24+,26+,27-/m1/s1. The molecule has 10 atom stereocenters. The Morgan fingerprint density at radius 3 is 2.51 bits per heavy atom. The van der Waals surface area contributed by atoms with Crippen LogP contribution in [0.1, 0.15) is 91.4 Å². The maximum atomic E-state index is 12.3. The van der Waals surface area contributed by atoms with E-state index in [-0.39, 0.29) is 47.7 Å². The summed E-state index contributed by atoms with van der Waals surface area (Å²) >= 11 is 0. The van der Waals surface area contributed by atoms with Gasteiger partial charge in [0.2, 0.25) is 5.91 Å². The van der Waals surface area contributed by atoms with E-state index in [2.05, 4.69) is 26.1 Å². The summed E-state index contributed by atoms with van der Waals surface area (Å²) in [5.74, 6) is 2.62. The molecule has 7 nitrogen and oxygen atoms in total. The molecule has 0 aromatic carbocycles. The van der Waals surface area contributed by atoms with Crippen molar-refractivity contribution in [3.8, 4) is 0 Å². The number of amides is 1. The second kappa shape index (κ2) is 10.2. The van der Waals surface area contributed by atoms with Crippen LogP contribution in [0, 0.1) is 46.3 Å². The zero-order valence-corrected chi connectivity index (χ0v) is 22.6. The average molecular weight is 514 g/mol. The maximum Gasteiger partial charge on any atom is 0.264 e. The van der Waals surface area contributed by atoms with E-state index in [1.807, 2.05) is 0 Å². The van der Waals surface area contributed by atoms with Crippen molar-refractivity contribution in [3.63, 3.8) is 0 Å². The third-order valence-corrected chi connectivity index (χ3v) is 12.0. The number of aliphatic hydroxyl groups excluding tert-OH is 2. The second-order valence-corrected chi connectivity index (χ2v) is 14.5. The topological polar surface area (TPSA) is 124 Å². The number of aliphatic hydroxyl groups is 2. The van der Waals surface area contributed by atoms with Gasteiger partial charge in [0, 0.05) is 13.0 Å². The summed E-state index contributed by atoms with van der Waals surface area (Å²) in [6.07, 6.45) is 9.36. The van der Waals surface area contributed by atoms with Gasteiger partial charge in [-0.1, -0.05) is 20.8 Å². The van der Waals surface area contributed by atoms with Crippen LogP contribution in [0.3, 0.4) is 0 Å². The summed E-state index contributed by atoms with van der Waals surface area (Å²) in [4.78, 5) is 12.3. The highest BCUT2D eigenvalue weighted by Crippen LogP contribution is 2.68. The lowest BCUT2D eigenvalue weighted by Crippen LogP contribution is -2.58. The lowest BCUT2D eigenvalue weighted by molar-refractivity contribution is -0.174. The molecule has 4 rings (SSSR count). The fourth-order valence-corrected chi connectivity index (χ4v) is 9.80. The largest absolute Gasteiger partial charge is 0.393 e. The molecule has 35 heavy (non-hydrogen) atoms. The van der Waals surface area contributed by atoms with Crippen LogP contribution in [0.15, 0.2) is 0 Å². The van der Waals surface area contributed by atoms with Crippen molar-refractivity contribution in [2.45, 2.75) is 104 Å². The number of hydrogen-bond acceptors (Lipinski definition) is 5. The number of carbonyl (C=O) groups is 1. The van der Waals surface area contributed by atoms with Crippen molar-refractivity contribution in [1.29, 1.82) is 0 Å². The molecular formula is C27H47NO6S. The number of rotatable bonds is 8. The minimum absolute atomic E-state index is 0.0816. The molecule has 0 unspecified atom stereocenters. The Hall–Kier alpha value is -0.700. The van der Waals surface area contributed by atoms with Gasteiger partial charge in [-0.25, -0.2) is 0 Å². The third-order valence-electron chi connectivity index (χ3n) is 11.2. The average Bonchev–Trinajstić information content (AvgIpc) is 3.14. The lowest BCUT2D eigenvalue weighted by atomic mass is 9.43. The summed E-state index contributed by atoms with van der Waals surface area (Å²) in [5.41, 5.74) is 0.130. The number of hydrogen-bond donors (Lipinski definition) is 4. The summed E-state index contributed by atoms with van der Waals surface area (Å²) in [7, 11) is -3.99.